The van der Waals surface area contributed by atoms with E-state index in [4.69, 9.17) is 0 Å². The lowest BCUT2D eigenvalue weighted by Crippen LogP contribution is -2.33. The molecule has 0 saturated carbocycles. The first-order valence-corrected chi connectivity index (χ1v) is 11.6. The maximum absolute atomic E-state index is 11.9. The highest BCUT2D eigenvalue weighted by Gasteiger charge is 2.52. The normalized spacial score (nSPS) is 17.7. The van der Waals surface area contributed by atoms with Crippen LogP contribution in [0.25, 0.3) is 0 Å². The van der Waals surface area contributed by atoms with Crippen LogP contribution in [0.5, 0.6) is 0 Å². The van der Waals surface area contributed by atoms with Crippen LogP contribution in [0.1, 0.15) is 11.6 Å². The van der Waals surface area contributed by atoms with Gasteiger partial charge in [0.05, 0.1) is 0 Å². The van der Waals surface area contributed by atoms with Gasteiger partial charge in [-0.25, -0.2) is 9.97 Å². The van der Waals surface area contributed by atoms with Crippen molar-refractivity contribution < 1.29 is 58.0 Å². The van der Waals surface area contributed by atoms with Crippen molar-refractivity contribution in [2.24, 2.45) is 0 Å². The fourth-order valence-corrected chi connectivity index (χ4v) is 4.15. The van der Waals surface area contributed by atoms with Crippen molar-refractivity contribution in [3.8, 4) is 0 Å². The molecule has 2 unspecified atom stereocenters. The number of hydrogen-bond donors (Lipinski definition) is 8. The predicted molar refractivity (Wildman–Crippen MR) is 93.6 cm³/mol. The van der Waals surface area contributed by atoms with Gasteiger partial charge in [0.1, 0.15) is 13.2 Å². The Morgan fingerprint density at radius 2 is 1.24 bits per heavy atom. The van der Waals surface area contributed by atoms with Crippen molar-refractivity contribution >= 4 is 23.4 Å². The molecular weight excluding hydrogens is 461 g/mol. The van der Waals surface area contributed by atoms with Gasteiger partial charge >= 0.3 is 23.4 Å². The molecule has 2 heterocycles. The highest BCUT2D eigenvalue weighted by Crippen LogP contribution is 2.57. The fraction of sp³-hybridized carbons (Fsp3) is 0.400. The van der Waals surface area contributed by atoms with Gasteiger partial charge in [-0.2, -0.15) is 0 Å². The topological polar surface area (TPSA) is 280 Å². The molecule has 0 spiro atoms. The molecule has 2 rings (SSSR count). The quantitative estimate of drug-likeness (QED) is 0.172. The van der Waals surface area contributed by atoms with Gasteiger partial charge in [-0.1, -0.05) is 0 Å². The van der Waals surface area contributed by atoms with Crippen LogP contribution in [-0.2, 0) is 33.4 Å². The molecule has 16 nitrogen and oxygen atoms in total. The second kappa shape index (κ2) is 9.27. The Hall–Kier alpha value is -1.25. The largest absolute Gasteiger partial charge is 0.412 e. The summed E-state index contributed by atoms with van der Waals surface area (Å²) in [6.45, 7) is -2.48. The Morgan fingerprint density at radius 1 is 0.897 bits per heavy atom. The molecular formula is C10H19N4O12P3. The van der Waals surface area contributed by atoms with Crippen LogP contribution in [0, 0.1) is 0 Å². The maximum atomic E-state index is 11.9. The molecule has 0 aliphatic carbocycles. The summed E-state index contributed by atoms with van der Waals surface area (Å²) < 4.78 is 44.3. The Morgan fingerprint density at radius 3 is 1.48 bits per heavy atom. The van der Waals surface area contributed by atoms with Gasteiger partial charge in [0.15, 0.2) is 11.6 Å². The summed E-state index contributed by atoms with van der Waals surface area (Å²) in [6, 6.07) is 0. The molecule has 0 saturated heterocycles. The molecule has 2 atom stereocenters. The zero-order valence-electron chi connectivity index (χ0n) is 14.2. The van der Waals surface area contributed by atoms with Gasteiger partial charge in [-0.05, 0) is 0 Å². The number of rotatable bonds is 10. The summed E-state index contributed by atoms with van der Waals surface area (Å²) in [6.07, 6.45) is 4.52. The van der Waals surface area contributed by atoms with Crippen LogP contribution in [0.15, 0.2) is 24.8 Å². The van der Waals surface area contributed by atoms with Crippen LogP contribution in [0.4, 0.5) is 0 Å². The van der Waals surface area contributed by atoms with E-state index in [9.17, 15) is 43.5 Å². The first-order chi connectivity index (χ1) is 12.8. The van der Waals surface area contributed by atoms with E-state index >= 15 is 0 Å². The number of aromatic nitrogens is 4. The third-order valence-corrected chi connectivity index (χ3v) is 6.87. The smallest absolute Gasteiger partial charge is 0.367 e. The Balaban J connectivity index is 0.00000420. The van der Waals surface area contributed by atoms with E-state index < -0.39 is 59.0 Å². The van der Waals surface area contributed by atoms with Crippen molar-refractivity contribution in [3.05, 3.63) is 36.4 Å². The highest BCUT2D eigenvalue weighted by molar-refractivity contribution is 7.53. The Bertz CT molecular complexity index is 823. The van der Waals surface area contributed by atoms with Crippen molar-refractivity contribution in [1.29, 1.82) is 0 Å². The average Bonchev–Trinajstić information content (AvgIpc) is 3.28. The third kappa shape index (κ3) is 5.47. The molecule has 0 amide bonds. The lowest BCUT2D eigenvalue weighted by molar-refractivity contribution is 0.0125. The molecule has 10 N–H and O–H groups in total. The summed E-state index contributed by atoms with van der Waals surface area (Å²) >= 11 is 0. The number of aliphatic hydroxyl groups is 2. The minimum Gasteiger partial charge on any atom is -0.412 e. The second-order valence-electron chi connectivity index (χ2n) is 5.42. The van der Waals surface area contributed by atoms with Crippen LogP contribution >= 0.6 is 23.4 Å². The zero-order valence-corrected chi connectivity index (χ0v) is 17.0. The Labute approximate surface area is 162 Å². The molecule has 0 aliphatic heterocycles. The monoisotopic (exact) mass is 480 g/mol. The number of imidazole rings is 2. The summed E-state index contributed by atoms with van der Waals surface area (Å²) in [4.78, 5) is 49.0. The van der Waals surface area contributed by atoms with E-state index in [0.29, 0.717) is 0 Å². The van der Waals surface area contributed by atoms with Crippen LogP contribution in [-0.4, -0.2) is 68.4 Å². The molecule has 166 valence electrons. The first kappa shape index (κ1) is 25.8. The highest BCUT2D eigenvalue weighted by atomic mass is 31.2. The number of hydrogen-bond acceptors (Lipinski definition) is 9. The van der Waals surface area contributed by atoms with E-state index in [2.05, 4.69) is 29.0 Å². The van der Waals surface area contributed by atoms with Gasteiger partial charge in [-0.15, -0.1) is 0 Å². The third-order valence-electron chi connectivity index (χ3n) is 3.50. The minimum absolute atomic E-state index is 0. The van der Waals surface area contributed by atoms with Gasteiger partial charge in [0.25, 0.3) is 0 Å². The average molecular weight is 480 g/mol. The van der Waals surface area contributed by atoms with Crippen LogP contribution in [0.3, 0.4) is 0 Å². The molecule has 0 aliphatic rings. The SMILES string of the molecule is O.O=[PH](OCC(O)(c1ncc[nH]1)P(=O)(O)O)OCC(O)(c1ncc[nH]1)P(=O)(O)O. The second-order valence-corrected chi connectivity index (χ2v) is 10.2. The maximum Gasteiger partial charge on any atom is 0.367 e. The summed E-state index contributed by atoms with van der Waals surface area (Å²) in [7, 11) is -14.3. The number of H-pyrrole nitrogens is 2. The van der Waals surface area contributed by atoms with Crippen LogP contribution < -0.4 is 0 Å². The summed E-state index contributed by atoms with van der Waals surface area (Å²) in [5.74, 6) is -1.14. The molecule has 0 fully saturated rings. The van der Waals surface area contributed by atoms with E-state index in [1.54, 1.807) is 0 Å². The standard InChI is InChI=1S/C10H17N4O11P3.H2O/c15-9(27(18,19)20,7-11-1-2-12-7)5-24-26(17)25-6-10(16,28(21,22)23)8-13-3-4-14-8;/h1-4,15-16,26H,5-6H2,(H,11,12)(H,13,14)(H2,18,19,20)(H2,21,22,23);1H2. The number of aromatic amines is 2. The Kier molecular flexibility index (Phi) is 8.24. The predicted octanol–water partition coefficient (Wildman–Crippen LogP) is -1.92. The number of nitrogens with zero attached hydrogens (tertiary/aromatic N) is 2. The molecule has 29 heavy (non-hydrogen) atoms. The van der Waals surface area contributed by atoms with Gasteiger partial charge in [-0.3, -0.25) is 13.7 Å². The molecule has 0 aromatic carbocycles. The summed E-state index contributed by atoms with van der Waals surface area (Å²) in [5, 5.41) is 14.5. The molecule has 2 aromatic heterocycles. The zero-order chi connectivity index (χ0) is 21.2. The lowest BCUT2D eigenvalue weighted by Gasteiger charge is -2.27. The van der Waals surface area contributed by atoms with E-state index in [0.717, 1.165) is 12.4 Å². The minimum atomic E-state index is -5.28. The van der Waals surface area contributed by atoms with E-state index in [1.807, 2.05) is 0 Å². The molecule has 0 bridgehead atoms. The first-order valence-electron chi connectivity index (χ1n) is 7.16. The molecule has 0 radical (unpaired) electrons. The van der Waals surface area contributed by atoms with Crippen molar-refractivity contribution in [2.45, 2.75) is 10.7 Å². The van der Waals surface area contributed by atoms with Gasteiger partial charge in [0.2, 0.25) is 10.7 Å². The summed E-state index contributed by atoms with van der Waals surface area (Å²) in [5.41, 5.74) is 0. The number of nitrogens with one attached hydrogen (secondary N) is 2. The van der Waals surface area contributed by atoms with Gasteiger partial charge < -0.3 is 54.3 Å². The molecule has 19 heteroatoms. The van der Waals surface area contributed by atoms with Gasteiger partial charge in [0, 0.05) is 24.8 Å². The lowest BCUT2D eigenvalue weighted by atomic mass is 10.3. The molecule has 2 aromatic rings. The van der Waals surface area contributed by atoms with Crippen molar-refractivity contribution in [3.63, 3.8) is 0 Å². The van der Waals surface area contributed by atoms with E-state index in [-0.39, 0.29) is 5.48 Å². The van der Waals surface area contributed by atoms with E-state index in [1.165, 1.54) is 12.4 Å². The van der Waals surface area contributed by atoms with Crippen molar-refractivity contribution in [1.82, 2.24) is 19.9 Å². The van der Waals surface area contributed by atoms with Crippen molar-refractivity contribution in [2.75, 3.05) is 13.2 Å². The van der Waals surface area contributed by atoms with Crippen LogP contribution in [0.2, 0.25) is 0 Å². The fourth-order valence-electron chi connectivity index (χ4n) is 1.91.